The Morgan fingerprint density at radius 1 is 1.19 bits per heavy atom. The van der Waals surface area contributed by atoms with Gasteiger partial charge in [-0.05, 0) is 45.0 Å². The van der Waals surface area contributed by atoms with Gasteiger partial charge in [0.1, 0.15) is 5.82 Å². The highest BCUT2D eigenvalue weighted by molar-refractivity contribution is 6.30. The SMILES string of the molecule is [C-]#[N+]c1ccc2c(n1)c(N1C[C@@H](C)N(C(C)c3ccc(Cl)cc3F)C[C@@H]1C)cc(=O)n2C. The highest BCUT2D eigenvalue weighted by Crippen LogP contribution is 2.34. The molecule has 0 spiro atoms. The number of fused-ring (bicyclic) bond motifs is 1. The normalized spacial score (nSPS) is 20.3. The first-order valence-electron chi connectivity index (χ1n) is 10.6. The average molecular weight is 454 g/mol. The number of pyridine rings is 2. The number of aryl methyl sites for hydroxylation is 1. The molecule has 0 aliphatic carbocycles. The summed E-state index contributed by atoms with van der Waals surface area (Å²) in [5.74, 6) is -0.00993. The highest BCUT2D eigenvalue weighted by Gasteiger charge is 2.34. The summed E-state index contributed by atoms with van der Waals surface area (Å²) in [5, 5.41) is 0.383. The van der Waals surface area contributed by atoms with Gasteiger partial charge in [-0.15, -0.1) is 4.98 Å². The zero-order valence-electron chi connectivity index (χ0n) is 18.5. The third-order valence-corrected chi connectivity index (χ3v) is 6.66. The van der Waals surface area contributed by atoms with Crippen LogP contribution in [0, 0.1) is 12.4 Å². The van der Waals surface area contributed by atoms with Crippen LogP contribution < -0.4 is 10.5 Å². The molecule has 1 fully saturated rings. The summed E-state index contributed by atoms with van der Waals surface area (Å²) in [5.41, 5.74) is 2.56. The van der Waals surface area contributed by atoms with Gasteiger partial charge in [0.2, 0.25) is 5.52 Å². The first kappa shape index (κ1) is 22.3. The number of anilines is 1. The lowest BCUT2D eigenvalue weighted by Crippen LogP contribution is -2.57. The van der Waals surface area contributed by atoms with Crippen molar-refractivity contribution in [3.05, 3.63) is 74.6 Å². The number of rotatable bonds is 3. The standard InChI is InChI=1S/C24H25ClFN5O/c1-14-13-31(15(2)12-30(14)16(3)18-7-6-17(25)10-19(18)26)21-11-23(32)29(5)20-8-9-22(27-4)28-24(20)21/h6-11,14-16H,12-13H2,1-3,5H3/t14-,15+,16?/m1/s1. The summed E-state index contributed by atoms with van der Waals surface area (Å²) in [6.45, 7) is 14.8. The van der Waals surface area contributed by atoms with Gasteiger partial charge in [0.05, 0.1) is 11.2 Å². The van der Waals surface area contributed by atoms with Gasteiger partial charge in [-0.25, -0.2) is 4.39 Å². The second-order valence-corrected chi connectivity index (χ2v) is 8.90. The van der Waals surface area contributed by atoms with Crippen molar-refractivity contribution in [2.24, 2.45) is 7.05 Å². The van der Waals surface area contributed by atoms with Crippen LogP contribution in [0.25, 0.3) is 15.9 Å². The summed E-state index contributed by atoms with van der Waals surface area (Å²) in [7, 11) is 1.71. The zero-order valence-corrected chi connectivity index (χ0v) is 19.3. The Balaban J connectivity index is 1.70. The second-order valence-electron chi connectivity index (χ2n) is 8.46. The molecule has 0 saturated carbocycles. The minimum Gasteiger partial charge on any atom is -0.362 e. The molecule has 6 nitrogen and oxygen atoms in total. The molecule has 0 bridgehead atoms. The monoisotopic (exact) mass is 453 g/mol. The molecular weight excluding hydrogens is 429 g/mol. The molecule has 0 N–H and O–H groups in total. The molecule has 1 unspecified atom stereocenters. The fraction of sp³-hybridized carbons (Fsp3) is 0.375. The van der Waals surface area contributed by atoms with Gasteiger partial charge < -0.3 is 14.3 Å². The molecular formula is C24H25ClFN5O. The van der Waals surface area contributed by atoms with E-state index in [4.69, 9.17) is 18.2 Å². The lowest BCUT2D eigenvalue weighted by molar-refractivity contribution is 0.117. The van der Waals surface area contributed by atoms with Gasteiger partial charge in [-0.1, -0.05) is 24.2 Å². The number of aromatic nitrogens is 2. The van der Waals surface area contributed by atoms with Crippen molar-refractivity contribution < 1.29 is 4.39 Å². The highest BCUT2D eigenvalue weighted by atomic mass is 35.5. The Bertz CT molecular complexity index is 1280. The van der Waals surface area contributed by atoms with Crippen molar-refractivity contribution in [1.29, 1.82) is 0 Å². The van der Waals surface area contributed by atoms with Gasteiger partial charge in [0, 0.05) is 54.9 Å². The van der Waals surface area contributed by atoms with Gasteiger partial charge >= 0.3 is 0 Å². The van der Waals surface area contributed by atoms with E-state index in [0.717, 1.165) is 5.69 Å². The molecule has 166 valence electrons. The van der Waals surface area contributed by atoms with Crippen LogP contribution in [0.2, 0.25) is 5.02 Å². The Labute approximate surface area is 191 Å². The molecule has 8 heteroatoms. The average Bonchev–Trinajstić information content (AvgIpc) is 2.77. The van der Waals surface area contributed by atoms with Crippen molar-refractivity contribution in [1.82, 2.24) is 14.5 Å². The maximum absolute atomic E-state index is 14.6. The van der Waals surface area contributed by atoms with E-state index in [9.17, 15) is 9.18 Å². The molecule has 32 heavy (non-hydrogen) atoms. The minimum atomic E-state index is -0.305. The Kier molecular flexibility index (Phi) is 5.93. The quantitative estimate of drug-likeness (QED) is 0.527. The first-order chi connectivity index (χ1) is 15.2. The fourth-order valence-electron chi connectivity index (χ4n) is 4.63. The summed E-state index contributed by atoms with van der Waals surface area (Å²) in [6, 6.07) is 9.84. The van der Waals surface area contributed by atoms with Crippen LogP contribution in [0.3, 0.4) is 0 Å². The lowest BCUT2D eigenvalue weighted by atomic mass is 10.00. The van der Waals surface area contributed by atoms with Crippen LogP contribution in [0.1, 0.15) is 32.4 Å². The molecule has 1 aromatic carbocycles. The van der Waals surface area contributed by atoms with E-state index in [1.54, 1.807) is 41.9 Å². The molecule has 3 atom stereocenters. The lowest BCUT2D eigenvalue weighted by Gasteiger charge is -2.47. The maximum Gasteiger partial charge on any atom is 0.270 e. The number of nitrogens with zero attached hydrogens (tertiary/aromatic N) is 5. The van der Waals surface area contributed by atoms with Gasteiger partial charge in [0.25, 0.3) is 11.4 Å². The Morgan fingerprint density at radius 3 is 2.62 bits per heavy atom. The third-order valence-electron chi connectivity index (χ3n) is 6.42. The van der Waals surface area contributed by atoms with Crippen molar-refractivity contribution in [2.75, 3.05) is 18.0 Å². The molecule has 3 heterocycles. The van der Waals surface area contributed by atoms with Crippen molar-refractivity contribution in [3.63, 3.8) is 0 Å². The predicted octanol–water partition coefficient (Wildman–Crippen LogP) is 4.94. The van der Waals surface area contributed by atoms with Crippen molar-refractivity contribution in [3.8, 4) is 0 Å². The van der Waals surface area contributed by atoms with Crippen LogP contribution in [0.5, 0.6) is 0 Å². The Morgan fingerprint density at radius 2 is 1.94 bits per heavy atom. The number of benzene rings is 1. The molecule has 2 aromatic heterocycles. The summed E-state index contributed by atoms with van der Waals surface area (Å²) in [6.07, 6.45) is 0. The predicted molar refractivity (Wildman–Crippen MR) is 126 cm³/mol. The topological polar surface area (TPSA) is 45.7 Å². The molecule has 1 aliphatic rings. The van der Waals surface area contributed by atoms with Gasteiger partial charge in [-0.2, -0.15) is 0 Å². The summed E-state index contributed by atoms with van der Waals surface area (Å²) < 4.78 is 16.1. The molecule has 1 saturated heterocycles. The fourth-order valence-corrected chi connectivity index (χ4v) is 4.79. The van der Waals surface area contributed by atoms with Crippen molar-refractivity contribution >= 4 is 34.1 Å². The van der Waals surface area contributed by atoms with Crippen molar-refractivity contribution in [2.45, 2.75) is 38.9 Å². The van der Waals surface area contributed by atoms with E-state index in [0.29, 0.717) is 40.5 Å². The molecule has 1 aliphatic heterocycles. The van der Waals surface area contributed by atoms with E-state index in [-0.39, 0.29) is 29.5 Å². The van der Waals surface area contributed by atoms with E-state index in [1.807, 2.05) is 6.92 Å². The summed E-state index contributed by atoms with van der Waals surface area (Å²) in [4.78, 5) is 25.1. The third kappa shape index (κ3) is 3.85. The number of hydrogen-bond donors (Lipinski definition) is 0. The molecule has 0 amide bonds. The van der Waals surface area contributed by atoms with Crippen LogP contribution in [0.15, 0.2) is 41.2 Å². The first-order valence-corrected chi connectivity index (χ1v) is 10.9. The number of hydrogen-bond acceptors (Lipinski definition) is 4. The number of piperazine rings is 1. The van der Waals surface area contributed by atoms with E-state index in [1.165, 1.54) is 6.07 Å². The van der Waals surface area contributed by atoms with Crippen LogP contribution in [-0.2, 0) is 7.05 Å². The second kappa shape index (κ2) is 8.53. The van der Waals surface area contributed by atoms with E-state index in [2.05, 4.69) is 33.5 Å². The smallest absolute Gasteiger partial charge is 0.270 e. The zero-order chi connectivity index (χ0) is 23.2. The number of halogens is 2. The molecule has 4 rings (SSSR count). The maximum atomic E-state index is 14.6. The largest absolute Gasteiger partial charge is 0.362 e. The van der Waals surface area contributed by atoms with Gasteiger partial charge in [-0.3, -0.25) is 9.69 Å². The van der Waals surface area contributed by atoms with Gasteiger partial charge in [0.15, 0.2) is 0 Å². The molecule has 0 radical (unpaired) electrons. The molecule has 3 aromatic rings. The van der Waals surface area contributed by atoms with Crippen LogP contribution >= 0.6 is 11.6 Å². The minimum absolute atomic E-state index is 0.0534. The van der Waals surface area contributed by atoms with Crippen LogP contribution in [-0.4, -0.2) is 39.6 Å². The van der Waals surface area contributed by atoms with E-state index < -0.39 is 0 Å². The Hall–Kier alpha value is -2.95. The summed E-state index contributed by atoms with van der Waals surface area (Å²) >= 11 is 5.93. The van der Waals surface area contributed by atoms with E-state index >= 15 is 0 Å². The van der Waals surface area contributed by atoms with Crippen LogP contribution in [0.4, 0.5) is 15.9 Å².